The number of nitrogens with one attached hydrogen (secondary N) is 2. The Kier molecular flexibility index (Phi) is 8.83. The number of carbonyl (C=O) groups is 2. The smallest absolute Gasteiger partial charge is 0.362 e. The fraction of sp³-hybridized carbons (Fsp3) is 0.500. The Balaban J connectivity index is 1.62. The summed E-state index contributed by atoms with van der Waals surface area (Å²) in [6, 6.07) is -1.46. The van der Waals surface area contributed by atoms with Gasteiger partial charge in [0.05, 0.1) is 12.2 Å². The molecule has 0 saturated carbocycles. The molecule has 0 spiro atoms. The highest BCUT2D eigenvalue weighted by Gasteiger charge is 2.54. The zero-order valence-electron chi connectivity index (χ0n) is 22.0. The molecule has 2 aliphatic rings. The standard InChI is InChI=1S/C22H30N8O9S2/c1-11(2)19(13-7-15(31)16(32)9-29(13)35)39-27-17(12-10-40-22(23)25-12)20(33)26-18-14(8-28-5-3-24-4-6-28)30(21(18)34)41(36,37)38/h7,9-11,14,18-19,24,32,35H,3-6,8H2,1-2H3,(H2,23,25)(H,26,33)(H,36,37,38)/b27-17-/t14-,18+,19?/m1/s1. The summed E-state index contributed by atoms with van der Waals surface area (Å²) in [6.07, 6.45) is -0.302. The van der Waals surface area contributed by atoms with E-state index in [0.29, 0.717) is 35.2 Å². The Morgan fingerprint density at radius 2 is 2.02 bits per heavy atom. The Bertz CT molecular complexity index is 1500. The lowest BCUT2D eigenvalue weighted by atomic mass is 9.97. The van der Waals surface area contributed by atoms with Gasteiger partial charge in [-0.3, -0.25) is 23.8 Å². The van der Waals surface area contributed by atoms with Gasteiger partial charge in [0, 0.05) is 44.2 Å². The third kappa shape index (κ3) is 6.59. The van der Waals surface area contributed by atoms with Gasteiger partial charge in [0.2, 0.25) is 5.43 Å². The molecule has 0 aliphatic carbocycles. The van der Waals surface area contributed by atoms with Crippen LogP contribution in [0.25, 0.3) is 0 Å². The molecular formula is C22H30N8O9S2. The summed E-state index contributed by atoms with van der Waals surface area (Å²) in [6.45, 7) is 5.85. The van der Waals surface area contributed by atoms with Crippen molar-refractivity contribution in [1.29, 1.82) is 0 Å². The summed E-state index contributed by atoms with van der Waals surface area (Å²) in [5.74, 6) is -3.10. The van der Waals surface area contributed by atoms with Crippen molar-refractivity contribution in [1.82, 2.24) is 29.6 Å². The van der Waals surface area contributed by atoms with Gasteiger partial charge in [-0.05, 0) is 5.92 Å². The maximum atomic E-state index is 13.4. The number of thiazole rings is 1. The van der Waals surface area contributed by atoms with E-state index in [1.807, 2.05) is 4.90 Å². The largest absolute Gasteiger partial charge is 0.503 e. The average molecular weight is 615 g/mol. The van der Waals surface area contributed by atoms with Gasteiger partial charge in [0.15, 0.2) is 22.7 Å². The van der Waals surface area contributed by atoms with Crippen LogP contribution in [0.2, 0.25) is 0 Å². The second-order valence-electron chi connectivity index (χ2n) is 9.75. The van der Waals surface area contributed by atoms with Crippen molar-refractivity contribution in [2.24, 2.45) is 11.1 Å². The molecule has 4 heterocycles. The molecule has 1 unspecified atom stereocenters. The van der Waals surface area contributed by atoms with Gasteiger partial charge >= 0.3 is 10.3 Å². The van der Waals surface area contributed by atoms with E-state index in [1.54, 1.807) is 13.8 Å². The van der Waals surface area contributed by atoms with Crippen molar-refractivity contribution in [3.05, 3.63) is 39.3 Å². The number of pyridine rings is 1. The van der Waals surface area contributed by atoms with Crippen LogP contribution in [0.4, 0.5) is 5.13 Å². The third-order valence-corrected chi connectivity index (χ3v) is 8.16. The molecular weight excluding hydrogens is 584 g/mol. The highest BCUT2D eigenvalue weighted by atomic mass is 32.2. The van der Waals surface area contributed by atoms with Crippen LogP contribution in [0.3, 0.4) is 0 Å². The number of β-lactam (4-membered cyclic amide) rings is 1. The molecule has 0 bridgehead atoms. The van der Waals surface area contributed by atoms with Crippen LogP contribution in [-0.2, 0) is 24.7 Å². The Labute approximate surface area is 238 Å². The molecule has 0 aromatic carbocycles. The number of nitrogens with zero attached hydrogens (tertiary/aromatic N) is 5. The van der Waals surface area contributed by atoms with Gasteiger partial charge in [-0.15, -0.1) is 11.3 Å². The number of rotatable bonds is 10. The molecule has 2 aliphatic heterocycles. The molecule has 2 amide bonds. The molecule has 2 aromatic rings. The molecule has 19 heteroatoms. The Hall–Kier alpha value is -3.78. The minimum absolute atomic E-state index is 0.0170. The minimum atomic E-state index is -4.89. The zero-order valence-corrected chi connectivity index (χ0v) is 23.6. The van der Waals surface area contributed by atoms with E-state index >= 15 is 0 Å². The molecule has 0 radical (unpaired) electrons. The van der Waals surface area contributed by atoms with Gasteiger partial charge in [-0.1, -0.05) is 19.0 Å². The maximum Gasteiger partial charge on any atom is 0.362 e. The molecule has 2 fully saturated rings. The van der Waals surface area contributed by atoms with E-state index in [4.69, 9.17) is 10.6 Å². The number of hydrogen-bond acceptors (Lipinski definition) is 14. The number of amides is 2. The zero-order chi connectivity index (χ0) is 30.1. The highest BCUT2D eigenvalue weighted by molar-refractivity contribution is 7.84. The van der Waals surface area contributed by atoms with Crippen molar-refractivity contribution in [2.75, 3.05) is 38.5 Å². The molecule has 17 nitrogen and oxygen atoms in total. The first kappa shape index (κ1) is 30.2. The number of nitrogens with two attached hydrogens (primary N) is 1. The number of piperazine rings is 1. The molecule has 7 N–H and O–H groups in total. The topological polar surface area (TPSA) is 242 Å². The quantitative estimate of drug-likeness (QED) is 0.0578. The lowest BCUT2D eigenvalue weighted by Gasteiger charge is -2.46. The first-order chi connectivity index (χ1) is 19.3. The van der Waals surface area contributed by atoms with Gasteiger partial charge < -0.3 is 31.5 Å². The SMILES string of the molecule is CC(C)C(O/N=C(\C(=O)N[C@@H]1C(=O)N(S(=O)(=O)O)[C@@H]1CN1CCNCC1)c1csc(N)n1)c1cc(=O)c(O)cn1O. The minimum Gasteiger partial charge on any atom is -0.503 e. The van der Waals surface area contributed by atoms with E-state index in [-0.39, 0.29) is 23.1 Å². The normalized spacial score (nSPS) is 21.0. The second kappa shape index (κ2) is 12.0. The number of oxime groups is 1. The Morgan fingerprint density at radius 3 is 2.61 bits per heavy atom. The van der Waals surface area contributed by atoms with Crippen LogP contribution < -0.4 is 21.8 Å². The number of carbonyl (C=O) groups excluding carboxylic acids is 2. The molecule has 224 valence electrons. The van der Waals surface area contributed by atoms with Gasteiger partial charge in [0.25, 0.3) is 11.8 Å². The van der Waals surface area contributed by atoms with Crippen LogP contribution in [-0.4, -0.2) is 105 Å². The fourth-order valence-corrected chi connectivity index (χ4v) is 5.90. The second-order valence-corrected chi connectivity index (χ2v) is 11.9. The summed E-state index contributed by atoms with van der Waals surface area (Å²) in [4.78, 5) is 49.7. The average Bonchev–Trinajstić information content (AvgIpc) is 3.32. The fourth-order valence-electron chi connectivity index (χ4n) is 4.48. The first-order valence-electron chi connectivity index (χ1n) is 12.4. The molecule has 2 aromatic heterocycles. The predicted molar refractivity (Wildman–Crippen MR) is 145 cm³/mol. The summed E-state index contributed by atoms with van der Waals surface area (Å²) >= 11 is 0.997. The predicted octanol–water partition coefficient (Wildman–Crippen LogP) is -1.65. The van der Waals surface area contributed by atoms with Crippen LogP contribution in [0.1, 0.15) is 31.3 Å². The molecule has 4 rings (SSSR count). The monoisotopic (exact) mass is 614 g/mol. The summed E-state index contributed by atoms with van der Waals surface area (Å²) in [7, 11) is -4.89. The van der Waals surface area contributed by atoms with E-state index in [1.165, 1.54) is 5.38 Å². The van der Waals surface area contributed by atoms with E-state index in [9.17, 15) is 37.7 Å². The maximum absolute atomic E-state index is 13.4. The van der Waals surface area contributed by atoms with Gasteiger partial charge in [-0.25, -0.2) is 9.29 Å². The number of aromatic nitrogens is 2. The van der Waals surface area contributed by atoms with Crippen LogP contribution in [0, 0.1) is 5.92 Å². The lowest BCUT2D eigenvalue weighted by Crippen LogP contribution is -2.75. The number of aromatic hydroxyl groups is 1. The number of hydrogen-bond donors (Lipinski definition) is 6. The van der Waals surface area contributed by atoms with Crippen molar-refractivity contribution >= 4 is 44.3 Å². The highest BCUT2D eigenvalue weighted by Crippen LogP contribution is 2.27. The van der Waals surface area contributed by atoms with Crippen LogP contribution in [0.5, 0.6) is 5.75 Å². The van der Waals surface area contributed by atoms with Gasteiger partial charge in [0.1, 0.15) is 17.4 Å². The molecule has 41 heavy (non-hydrogen) atoms. The summed E-state index contributed by atoms with van der Waals surface area (Å²) < 4.78 is 34.3. The van der Waals surface area contributed by atoms with Crippen LogP contribution in [0.15, 0.2) is 27.6 Å². The van der Waals surface area contributed by atoms with E-state index in [0.717, 1.165) is 23.6 Å². The van der Waals surface area contributed by atoms with Crippen molar-refractivity contribution < 1.29 is 37.7 Å². The molecule has 2 saturated heterocycles. The first-order valence-corrected chi connectivity index (χ1v) is 14.7. The number of nitrogen functional groups attached to an aromatic ring is 1. The van der Waals surface area contributed by atoms with Crippen molar-refractivity contribution in [2.45, 2.75) is 32.0 Å². The number of anilines is 1. The summed E-state index contributed by atoms with van der Waals surface area (Å²) in [5, 5.41) is 30.9. The van der Waals surface area contributed by atoms with E-state index < -0.39 is 63.1 Å². The van der Waals surface area contributed by atoms with Crippen molar-refractivity contribution in [3.8, 4) is 5.75 Å². The third-order valence-electron chi connectivity index (χ3n) is 6.53. The van der Waals surface area contributed by atoms with E-state index in [2.05, 4.69) is 20.8 Å². The lowest BCUT2D eigenvalue weighted by molar-refractivity contribution is -0.145. The molecule has 3 atom stereocenters. The summed E-state index contributed by atoms with van der Waals surface area (Å²) in [5.41, 5.74) is 4.44. The van der Waals surface area contributed by atoms with Crippen molar-refractivity contribution in [3.63, 3.8) is 0 Å². The Morgan fingerprint density at radius 1 is 1.34 bits per heavy atom. The van der Waals surface area contributed by atoms with Gasteiger partial charge in [-0.2, -0.15) is 13.1 Å². The van der Waals surface area contributed by atoms with Crippen LogP contribution >= 0.6 is 11.3 Å².